The molecule has 3 aromatic rings. The molecule has 142 valence electrons. The summed E-state index contributed by atoms with van der Waals surface area (Å²) in [5.41, 5.74) is -0.733. The Hall–Kier alpha value is -2.46. The topological polar surface area (TPSA) is 54.9 Å². The number of carbonyl (C=O) groups is 1. The maximum absolute atomic E-state index is 13.6. The Bertz CT molecular complexity index is 975. The first kappa shape index (κ1) is 17.9. The van der Waals surface area contributed by atoms with E-state index in [0.29, 0.717) is 22.5 Å². The van der Waals surface area contributed by atoms with Crippen LogP contribution in [0.15, 0.2) is 29.8 Å². The standard InChI is InChI=1S/C17H16F3N5OS/c1-23-4-6-24(7-5-23)16(26)11-10-21-25-14(17(18,19)20)9-12(22-15(11)25)13-3-2-8-27-13/h2-3,8-10H,4-7H2,1H3/p+1. The van der Waals surface area contributed by atoms with Gasteiger partial charge in [0.05, 0.1) is 50.0 Å². The van der Waals surface area contributed by atoms with Gasteiger partial charge in [-0.05, 0) is 17.5 Å². The normalized spacial score (nSPS) is 16.2. The smallest absolute Gasteiger partial charge is 0.334 e. The van der Waals surface area contributed by atoms with Crippen molar-refractivity contribution in [3.05, 3.63) is 41.0 Å². The highest BCUT2D eigenvalue weighted by Crippen LogP contribution is 2.34. The molecule has 0 bridgehead atoms. The van der Waals surface area contributed by atoms with E-state index in [2.05, 4.69) is 10.1 Å². The molecule has 1 amide bonds. The van der Waals surface area contributed by atoms with Gasteiger partial charge in [-0.15, -0.1) is 11.3 Å². The molecular formula is C17H17F3N5OS+. The van der Waals surface area contributed by atoms with Gasteiger partial charge < -0.3 is 9.80 Å². The molecule has 3 aromatic heterocycles. The number of rotatable bonds is 2. The molecule has 27 heavy (non-hydrogen) atoms. The third-order valence-corrected chi connectivity index (χ3v) is 5.56. The molecule has 1 aliphatic rings. The average Bonchev–Trinajstić information content (AvgIpc) is 3.30. The monoisotopic (exact) mass is 396 g/mol. The number of piperazine rings is 1. The Morgan fingerprint density at radius 2 is 2.04 bits per heavy atom. The van der Waals surface area contributed by atoms with Crippen LogP contribution in [0.4, 0.5) is 13.2 Å². The third-order valence-electron chi connectivity index (χ3n) is 4.67. The number of hydrogen-bond acceptors (Lipinski definition) is 4. The fourth-order valence-electron chi connectivity index (χ4n) is 3.13. The minimum Gasteiger partial charge on any atom is -0.334 e. The molecule has 0 atom stereocenters. The average molecular weight is 396 g/mol. The molecule has 0 spiro atoms. The molecule has 1 saturated heterocycles. The van der Waals surface area contributed by atoms with Gasteiger partial charge in [0.15, 0.2) is 11.3 Å². The van der Waals surface area contributed by atoms with Crippen LogP contribution in [-0.2, 0) is 6.18 Å². The number of amides is 1. The van der Waals surface area contributed by atoms with E-state index in [-0.39, 0.29) is 22.8 Å². The summed E-state index contributed by atoms with van der Waals surface area (Å²) in [6, 6.07) is 4.41. The van der Waals surface area contributed by atoms with Crippen LogP contribution in [0.1, 0.15) is 16.1 Å². The summed E-state index contributed by atoms with van der Waals surface area (Å²) in [7, 11) is 2.04. The summed E-state index contributed by atoms with van der Waals surface area (Å²) in [5, 5.41) is 5.59. The van der Waals surface area contributed by atoms with E-state index in [0.717, 1.165) is 19.2 Å². The van der Waals surface area contributed by atoms with E-state index < -0.39 is 11.9 Å². The number of nitrogens with one attached hydrogen (secondary N) is 1. The first-order chi connectivity index (χ1) is 12.8. The lowest BCUT2D eigenvalue weighted by Crippen LogP contribution is -3.12. The second-order valence-corrected chi connectivity index (χ2v) is 7.49. The first-order valence-electron chi connectivity index (χ1n) is 8.45. The zero-order valence-electron chi connectivity index (χ0n) is 14.5. The molecule has 0 unspecified atom stereocenters. The summed E-state index contributed by atoms with van der Waals surface area (Å²) in [6.07, 6.45) is -3.43. The van der Waals surface area contributed by atoms with Gasteiger partial charge in [-0.2, -0.15) is 18.3 Å². The van der Waals surface area contributed by atoms with Crippen molar-refractivity contribution in [3.8, 4) is 10.6 Å². The molecule has 0 radical (unpaired) electrons. The summed E-state index contributed by atoms with van der Waals surface area (Å²) in [5.74, 6) is -0.332. The van der Waals surface area contributed by atoms with Crippen LogP contribution in [0.25, 0.3) is 16.2 Å². The van der Waals surface area contributed by atoms with Crippen molar-refractivity contribution in [1.82, 2.24) is 19.5 Å². The number of alkyl halides is 3. The van der Waals surface area contributed by atoms with E-state index in [4.69, 9.17) is 0 Å². The first-order valence-corrected chi connectivity index (χ1v) is 9.33. The van der Waals surface area contributed by atoms with E-state index in [1.807, 2.05) is 7.05 Å². The highest BCUT2D eigenvalue weighted by molar-refractivity contribution is 7.13. The summed E-state index contributed by atoms with van der Waals surface area (Å²) in [4.78, 5) is 20.8. The van der Waals surface area contributed by atoms with Crippen LogP contribution in [0.3, 0.4) is 0 Å². The van der Waals surface area contributed by atoms with Gasteiger partial charge in [0.25, 0.3) is 5.91 Å². The van der Waals surface area contributed by atoms with Crippen LogP contribution in [0.2, 0.25) is 0 Å². The Labute approximate surface area is 156 Å². The van der Waals surface area contributed by atoms with E-state index >= 15 is 0 Å². The lowest BCUT2D eigenvalue weighted by Gasteiger charge is -2.29. The number of halogens is 3. The van der Waals surface area contributed by atoms with Gasteiger partial charge in [0, 0.05) is 0 Å². The van der Waals surface area contributed by atoms with Crippen LogP contribution in [0, 0.1) is 0 Å². The van der Waals surface area contributed by atoms with Crippen LogP contribution in [0.5, 0.6) is 0 Å². The molecule has 4 heterocycles. The van der Waals surface area contributed by atoms with E-state index in [9.17, 15) is 18.0 Å². The number of likely N-dealkylation sites (N-methyl/N-ethyl adjacent to an activating group) is 1. The Balaban J connectivity index is 1.83. The van der Waals surface area contributed by atoms with Crippen molar-refractivity contribution < 1.29 is 22.9 Å². The summed E-state index contributed by atoms with van der Waals surface area (Å²) >= 11 is 1.29. The second-order valence-electron chi connectivity index (χ2n) is 6.54. The predicted octanol–water partition coefficient (Wildman–Crippen LogP) is 1.45. The molecule has 6 nitrogen and oxygen atoms in total. The second kappa shape index (κ2) is 6.61. The lowest BCUT2D eigenvalue weighted by atomic mass is 10.2. The molecule has 4 rings (SSSR count). The summed E-state index contributed by atoms with van der Waals surface area (Å²) in [6.45, 7) is 2.71. The van der Waals surface area contributed by atoms with Gasteiger partial charge in [-0.25, -0.2) is 9.50 Å². The molecule has 0 aliphatic carbocycles. The van der Waals surface area contributed by atoms with Crippen molar-refractivity contribution in [1.29, 1.82) is 0 Å². The molecule has 10 heteroatoms. The molecular weight excluding hydrogens is 379 g/mol. The SMILES string of the molecule is C[NH+]1CCN(C(=O)c2cnn3c(C(F)(F)F)cc(-c4cccs4)nc23)CC1. The van der Waals surface area contributed by atoms with Gasteiger partial charge in [-0.3, -0.25) is 4.79 Å². The van der Waals surface area contributed by atoms with Gasteiger partial charge in [0.1, 0.15) is 5.56 Å². The minimum absolute atomic E-state index is 0.0653. The maximum atomic E-state index is 13.6. The van der Waals surface area contributed by atoms with Crippen molar-refractivity contribution in [2.45, 2.75) is 6.18 Å². The number of quaternary nitrogens is 1. The Morgan fingerprint density at radius 3 is 2.67 bits per heavy atom. The predicted molar refractivity (Wildman–Crippen MR) is 93.8 cm³/mol. The number of fused-ring (bicyclic) bond motifs is 1. The van der Waals surface area contributed by atoms with Crippen molar-refractivity contribution >= 4 is 22.9 Å². The van der Waals surface area contributed by atoms with Gasteiger partial charge in [-0.1, -0.05) is 6.07 Å². The third kappa shape index (κ3) is 3.30. The number of nitrogens with zero attached hydrogens (tertiary/aromatic N) is 4. The molecule has 0 aromatic carbocycles. The van der Waals surface area contributed by atoms with Crippen molar-refractivity contribution in [2.24, 2.45) is 0 Å². The largest absolute Gasteiger partial charge is 0.433 e. The number of thiophene rings is 1. The molecule has 1 fully saturated rings. The fraction of sp³-hybridized carbons (Fsp3) is 0.353. The van der Waals surface area contributed by atoms with E-state index in [1.54, 1.807) is 22.4 Å². The number of aromatic nitrogens is 3. The minimum atomic E-state index is -4.61. The number of carbonyl (C=O) groups excluding carboxylic acids is 1. The maximum Gasteiger partial charge on any atom is 0.433 e. The van der Waals surface area contributed by atoms with Crippen molar-refractivity contribution in [3.63, 3.8) is 0 Å². The molecule has 0 saturated carbocycles. The van der Waals surface area contributed by atoms with Crippen LogP contribution < -0.4 is 4.90 Å². The van der Waals surface area contributed by atoms with E-state index in [1.165, 1.54) is 22.4 Å². The number of hydrogen-bond donors (Lipinski definition) is 1. The zero-order valence-corrected chi connectivity index (χ0v) is 15.3. The van der Waals surface area contributed by atoms with Crippen LogP contribution >= 0.6 is 11.3 Å². The Morgan fingerprint density at radius 1 is 1.30 bits per heavy atom. The molecule has 1 N–H and O–H groups in total. The highest BCUT2D eigenvalue weighted by Gasteiger charge is 2.36. The highest BCUT2D eigenvalue weighted by atomic mass is 32.1. The lowest BCUT2D eigenvalue weighted by molar-refractivity contribution is -0.883. The zero-order chi connectivity index (χ0) is 19.2. The fourth-order valence-corrected chi connectivity index (χ4v) is 3.81. The molecule has 1 aliphatic heterocycles. The van der Waals surface area contributed by atoms with Gasteiger partial charge >= 0.3 is 6.18 Å². The van der Waals surface area contributed by atoms with Gasteiger partial charge in [0.2, 0.25) is 0 Å². The quantitative estimate of drug-likeness (QED) is 0.714. The summed E-state index contributed by atoms with van der Waals surface area (Å²) < 4.78 is 41.4. The Kier molecular flexibility index (Phi) is 4.39. The van der Waals surface area contributed by atoms with Crippen molar-refractivity contribution in [2.75, 3.05) is 33.2 Å². The van der Waals surface area contributed by atoms with Crippen LogP contribution in [-0.4, -0.2) is 58.6 Å².